The maximum atomic E-state index is 13.6. The van der Waals surface area contributed by atoms with Crippen molar-refractivity contribution in [3.05, 3.63) is 63.1 Å². The fraction of sp³-hybridized carbons (Fsp3) is 0.417. The van der Waals surface area contributed by atoms with Crippen molar-refractivity contribution in [2.75, 3.05) is 17.1 Å². The van der Waals surface area contributed by atoms with E-state index in [1.54, 1.807) is 43.3 Å². The molecule has 35 heavy (non-hydrogen) atoms. The van der Waals surface area contributed by atoms with Gasteiger partial charge in [-0.05, 0) is 63.1 Å². The number of amides is 2. The van der Waals surface area contributed by atoms with Gasteiger partial charge in [0, 0.05) is 27.2 Å². The molecule has 0 bridgehead atoms. The van der Waals surface area contributed by atoms with Crippen LogP contribution in [0, 0.1) is 0 Å². The molecule has 1 N–H and O–H groups in total. The van der Waals surface area contributed by atoms with E-state index in [-0.39, 0.29) is 18.1 Å². The molecule has 0 saturated heterocycles. The third kappa shape index (κ3) is 8.56. The monoisotopic (exact) mass is 561 g/mol. The number of nitrogens with one attached hydrogen (secondary N) is 1. The maximum absolute atomic E-state index is 13.6. The summed E-state index contributed by atoms with van der Waals surface area (Å²) in [5, 5.41) is 3.98. The van der Waals surface area contributed by atoms with Gasteiger partial charge in [-0.3, -0.25) is 13.9 Å². The summed E-state index contributed by atoms with van der Waals surface area (Å²) in [5.74, 6) is -0.926. The Morgan fingerprint density at radius 3 is 2.17 bits per heavy atom. The standard InChI is InChI=1S/C24H30Cl3N3O4S/c1-6-21(23(32)28-24(2,3)4)29(14-16-10-11-18(26)13-20(16)27)22(31)15-30(35(5,33)34)19-9-7-8-17(25)12-19/h7-13,21H,6,14-15H2,1-5H3,(H,28,32)/t21-/m0/s1. The molecule has 2 amide bonds. The maximum Gasteiger partial charge on any atom is 0.244 e. The smallest absolute Gasteiger partial charge is 0.244 e. The number of hydrogen-bond acceptors (Lipinski definition) is 4. The second-order valence-electron chi connectivity index (χ2n) is 9.17. The summed E-state index contributed by atoms with van der Waals surface area (Å²) in [6.07, 6.45) is 1.31. The van der Waals surface area contributed by atoms with E-state index in [1.165, 1.54) is 11.0 Å². The SMILES string of the molecule is CC[C@@H](C(=O)NC(C)(C)C)N(Cc1ccc(Cl)cc1Cl)C(=O)CN(c1cccc(Cl)c1)S(C)(=O)=O. The highest BCUT2D eigenvalue weighted by molar-refractivity contribution is 7.92. The van der Waals surface area contributed by atoms with Crippen LogP contribution in [-0.4, -0.2) is 49.5 Å². The molecule has 0 unspecified atom stereocenters. The van der Waals surface area contributed by atoms with Gasteiger partial charge in [0.05, 0.1) is 11.9 Å². The van der Waals surface area contributed by atoms with Crippen LogP contribution in [0.2, 0.25) is 15.1 Å². The molecule has 0 aromatic heterocycles. The van der Waals surface area contributed by atoms with Crippen LogP contribution in [0.1, 0.15) is 39.7 Å². The van der Waals surface area contributed by atoms with Gasteiger partial charge in [-0.1, -0.05) is 53.9 Å². The number of halogens is 3. The van der Waals surface area contributed by atoms with E-state index in [2.05, 4.69) is 5.32 Å². The summed E-state index contributed by atoms with van der Waals surface area (Å²) in [6.45, 7) is 6.75. The van der Waals surface area contributed by atoms with Gasteiger partial charge in [0.2, 0.25) is 21.8 Å². The third-order valence-electron chi connectivity index (χ3n) is 5.02. The summed E-state index contributed by atoms with van der Waals surface area (Å²) in [4.78, 5) is 28.1. The highest BCUT2D eigenvalue weighted by atomic mass is 35.5. The molecule has 0 radical (unpaired) electrons. The van der Waals surface area contributed by atoms with Crippen molar-refractivity contribution in [1.29, 1.82) is 0 Å². The third-order valence-corrected chi connectivity index (χ3v) is 6.98. The quantitative estimate of drug-likeness (QED) is 0.459. The number of sulfonamides is 1. The molecule has 0 spiro atoms. The zero-order valence-electron chi connectivity index (χ0n) is 20.3. The van der Waals surface area contributed by atoms with E-state index in [1.807, 2.05) is 20.8 Å². The van der Waals surface area contributed by atoms with E-state index in [0.717, 1.165) is 10.6 Å². The van der Waals surface area contributed by atoms with Gasteiger partial charge in [-0.25, -0.2) is 8.42 Å². The van der Waals surface area contributed by atoms with Crippen LogP contribution in [0.5, 0.6) is 0 Å². The van der Waals surface area contributed by atoms with Crippen molar-refractivity contribution in [3.8, 4) is 0 Å². The Bertz CT molecular complexity index is 1180. The van der Waals surface area contributed by atoms with Crippen LogP contribution in [0.25, 0.3) is 0 Å². The average molecular weight is 563 g/mol. The Kier molecular flexibility index (Phi) is 9.87. The van der Waals surface area contributed by atoms with Gasteiger partial charge in [-0.15, -0.1) is 0 Å². The predicted molar refractivity (Wildman–Crippen MR) is 143 cm³/mol. The van der Waals surface area contributed by atoms with Gasteiger partial charge in [0.25, 0.3) is 0 Å². The van der Waals surface area contributed by atoms with Crippen LogP contribution in [0.3, 0.4) is 0 Å². The Morgan fingerprint density at radius 2 is 1.66 bits per heavy atom. The molecule has 2 rings (SSSR count). The number of hydrogen-bond donors (Lipinski definition) is 1. The lowest BCUT2D eigenvalue weighted by Crippen LogP contribution is -2.55. The van der Waals surface area contributed by atoms with Crippen LogP contribution in [0.15, 0.2) is 42.5 Å². The number of nitrogens with zero attached hydrogens (tertiary/aromatic N) is 2. The van der Waals surface area contributed by atoms with E-state index >= 15 is 0 Å². The Labute approximate surface area is 222 Å². The minimum absolute atomic E-state index is 0.0158. The van der Waals surface area contributed by atoms with Crippen LogP contribution < -0.4 is 9.62 Å². The first-order valence-electron chi connectivity index (χ1n) is 10.9. The molecular formula is C24H30Cl3N3O4S. The van der Waals surface area contributed by atoms with Crippen LogP contribution in [-0.2, 0) is 26.2 Å². The van der Waals surface area contributed by atoms with Crippen molar-refractivity contribution in [2.24, 2.45) is 0 Å². The first-order valence-corrected chi connectivity index (χ1v) is 13.9. The van der Waals surface area contributed by atoms with Gasteiger partial charge in [-0.2, -0.15) is 0 Å². The zero-order chi connectivity index (χ0) is 26.6. The summed E-state index contributed by atoms with van der Waals surface area (Å²) >= 11 is 18.4. The van der Waals surface area contributed by atoms with Crippen molar-refractivity contribution >= 4 is 62.3 Å². The van der Waals surface area contributed by atoms with Crippen molar-refractivity contribution in [1.82, 2.24) is 10.2 Å². The highest BCUT2D eigenvalue weighted by Gasteiger charge is 2.33. The fourth-order valence-electron chi connectivity index (χ4n) is 3.45. The van der Waals surface area contributed by atoms with Crippen molar-refractivity contribution in [3.63, 3.8) is 0 Å². The number of anilines is 1. The Morgan fingerprint density at radius 1 is 1.03 bits per heavy atom. The molecular weight excluding hydrogens is 533 g/mol. The van der Waals surface area contributed by atoms with Crippen molar-refractivity contribution in [2.45, 2.75) is 52.2 Å². The van der Waals surface area contributed by atoms with Crippen molar-refractivity contribution < 1.29 is 18.0 Å². The van der Waals surface area contributed by atoms with Gasteiger partial charge in [0.15, 0.2) is 0 Å². The summed E-state index contributed by atoms with van der Waals surface area (Å²) in [5.41, 5.74) is 0.279. The number of rotatable bonds is 9. The first-order chi connectivity index (χ1) is 16.1. The van der Waals surface area contributed by atoms with E-state index in [4.69, 9.17) is 34.8 Å². The van der Waals surface area contributed by atoms with E-state index in [0.29, 0.717) is 27.1 Å². The second-order valence-corrected chi connectivity index (χ2v) is 12.4. The predicted octanol–water partition coefficient (Wildman–Crippen LogP) is 5.13. The van der Waals surface area contributed by atoms with E-state index < -0.39 is 34.1 Å². The molecule has 0 heterocycles. The fourth-order valence-corrected chi connectivity index (χ4v) is 4.95. The number of carbonyl (C=O) groups is 2. The molecule has 2 aromatic rings. The Hall–Kier alpha value is -2.00. The van der Waals surface area contributed by atoms with Gasteiger partial charge in [0.1, 0.15) is 12.6 Å². The summed E-state index contributed by atoms with van der Waals surface area (Å²) in [6, 6.07) is 10.2. The number of carbonyl (C=O) groups excluding carboxylic acids is 2. The molecule has 2 aromatic carbocycles. The molecule has 11 heteroatoms. The highest BCUT2D eigenvalue weighted by Crippen LogP contribution is 2.26. The summed E-state index contributed by atoms with van der Waals surface area (Å²) in [7, 11) is -3.85. The molecule has 0 aliphatic carbocycles. The second kappa shape index (κ2) is 11.8. The lowest BCUT2D eigenvalue weighted by molar-refractivity contribution is -0.141. The summed E-state index contributed by atoms with van der Waals surface area (Å²) < 4.78 is 26.2. The van der Waals surface area contributed by atoms with Crippen LogP contribution >= 0.6 is 34.8 Å². The van der Waals surface area contributed by atoms with E-state index in [9.17, 15) is 18.0 Å². The molecule has 0 saturated carbocycles. The molecule has 7 nitrogen and oxygen atoms in total. The van der Waals surface area contributed by atoms with Crippen LogP contribution in [0.4, 0.5) is 5.69 Å². The van der Waals surface area contributed by atoms with Gasteiger partial charge < -0.3 is 10.2 Å². The normalized spacial score (nSPS) is 12.7. The molecule has 0 aliphatic rings. The minimum Gasteiger partial charge on any atom is -0.350 e. The lowest BCUT2D eigenvalue weighted by Gasteiger charge is -2.34. The minimum atomic E-state index is -3.85. The first kappa shape index (κ1) is 29.2. The largest absolute Gasteiger partial charge is 0.350 e. The lowest BCUT2D eigenvalue weighted by atomic mass is 10.1. The molecule has 1 atom stereocenters. The van der Waals surface area contributed by atoms with Gasteiger partial charge >= 0.3 is 0 Å². The Balaban J connectivity index is 2.50. The average Bonchev–Trinajstić information content (AvgIpc) is 2.71. The molecule has 0 fully saturated rings. The zero-order valence-corrected chi connectivity index (χ0v) is 23.4. The molecule has 0 aliphatic heterocycles. The molecule has 192 valence electrons. The topological polar surface area (TPSA) is 86.8 Å². The number of benzene rings is 2.